The van der Waals surface area contributed by atoms with Gasteiger partial charge in [0.1, 0.15) is 32.1 Å². The fourth-order valence-corrected chi connectivity index (χ4v) is 2.89. The Balaban J connectivity index is 2.68. The molecule has 8 heteroatoms. The van der Waals surface area contributed by atoms with E-state index in [1.165, 1.54) is 16.8 Å². The molecule has 6 nitrogen and oxygen atoms in total. The van der Waals surface area contributed by atoms with Crippen LogP contribution >= 0.6 is 7.14 Å². The summed E-state index contributed by atoms with van der Waals surface area (Å²) in [6.07, 6.45) is 1.70. The van der Waals surface area contributed by atoms with E-state index in [2.05, 4.69) is 4.98 Å². The highest BCUT2D eigenvalue weighted by Crippen LogP contribution is 2.44. The molecule has 0 saturated carbocycles. The maximum atomic E-state index is 13.0. The van der Waals surface area contributed by atoms with Crippen molar-refractivity contribution in [2.45, 2.75) is 26.5 Å². The van der Waals surface area contributed by atoms with Crippen LogP contribution in [0.1, 0.15) is 13.8 Å². The first kappa shape index (κ1) is 16.9. The van der Waals surface area contributed by atoms with Crippen LogP contribution in [-0.2, 0) is 15.8 Å². The monoisotopic (exact) mass is 305 g/mol. The molecule has 0 aliphatic carbocycles. The topological polar surface area (TPSA) is 87.2 Å². The third kappa shape index (κ3) is 4.72. The minimum Gasteiger partial charge on any atom is -0.383 e. The lowest BCUT2D eigenvalue weighted by atomic mass is 10.4. The van der Waals surface area contributed by atoms with Crippen molar-refractivity contribution in [3.63, 3.8) is 0 Å². The minimum absolute atomic E-state index is 0.0239. The fraction of sp³-hybridized carbons (Fsp3) is 0.667. The van der Waals surface area contributed by atoms with Crippen LogP contribution in [0.25, 0.3) is 0 Å². The molecular formula is C12H21FN3O3P. The van der Waals surface area contributed by atoms with Crippen LogP contribution in [0.3, 0.4) is 0 Å². The van der Waals surface area contributed by atoms with Crippen LogP contribution in [0.5, 0.6) is 0 Å². The highest BCUT2D eigenvalue weighted by atomic mass is 31.2. The summed E-state index contributed by atoms with van der Waals surface area (Å²) in [5.41, 5.74) is 4.82. The van der Waals surface area contributed by atoms with Gasteiger partial charge >= 0.3 is 5.69 Å². The number of nitrogens with two attached hydrogens (primary N) is 1. The average molecular weight is 305 g/mol. The maximum Gasteiger partial charge on any atom is 0.349 e. The molecular weight excluding hydrogens is 284 g/mol. The summed E-state index contributed by atoms with van der Waals surface area (Å²) in [6, 6.07) is 1.46. The van der Waals surface area contributed by atoms with Gasteiger partial charge in [-0.3, -0.25) is 4.57 Å². The van der Waals surface area contributed by atoms with Gasteiger partial charge in [0, 0.05) is 18.5 Å². The summed E-state index contributed by atoms with van der Waals surface area (Å²) in [5.74, 6) is 0.116. The highest BCUT2D eigenvalue weighted by Gasteiger charge is 2.20. The number of alkyl halides is 1. The Morgan fingerprint density at radius 2 is 2.15 bits per heavy atom. The first-order valence-corrected chi connectivity index (χ1v) is 8.78. The van der Waals surface area contributed by atoms with Gasteiger partial charge < -0.3 is 15.0 Å². The zero-order valence-corrected chi connectivity index (χ0v) is 12.7. The number of anilines is 1. The number of hydrogen-bond donors (Lipinski definition) is 1. The predicted octanol–water partition coefficient (Wildman–Crippen LogP) is 1.54. The summed E-state index contributed by atoms with van der Waals surface area (Å²) in [5, 5.41) is 0. The molecule has 2 N–H and O–H groups in total. The van der Waals surface area contributed by atoms with Crippen LogP contribution in [0, 0.1) is 0 Å². The largest absolute Gasteiger partial charge is 0.383 e. The summed E-state index contributed by atoms with van der Waals surface area (Å²) >= 11 is 0. The predicted molar refractivity (Wildman–Crippen MR) is 77.3 cm³/mol. The van der Waals surface area contributed by atoms with E-state index >= 15 is 0 Å². The Kier molecular flexibility index (Phi) is 6.36. The lowest BCUT2D eigenvalue weighted by Crippen LogP contribution is -2.31. The molecule has 114 valence electrons. The Bertz CT molecular complexity index is 527. The first-order chi connectivity index (χ1) is 9.44. The van der Waals surface area contributed by atoms with Gasteiger partial charge in [-0.2, -0.15) is 4.98 Å². The van der Waals surface area contributed by atoms with E-state index in [-0.39, 0.29) is 18.7 Å². The molecule has 0 saturated heterocycles. The van der Waals surface area contributed by atoms with Gasteiger partial charge in [0.15, 0.2) is 0 Å². The van der Waals surface area contributed by atoms with E-state index in [4.69, 9.17) is 10.5 Å². The molecule has 0 fully saturated rings. The lowest BCUT2D eigenvalue weighted by molar-refractivity contribution is 0.0505. The number of nitrogen functional groups attached to an aromatic ring is 1. The average Bonchev–Trinajstić information content (AvgIpc) is 2.45. The van der Waals surface area contributed by atoms with Crippen molar-refractivity contribution in [1.82, 2.24) is 9.55 Å². The van der Waals surface area contributed by atoms with Crippen molar-refractivity contribution in [2.75, 3.05) is 31.1 Å². The third-order valence-electron chi connectivity index (χ3n) is 3.17. The smallest absolute Gasteiger partial charge is 0.349 e. The Hall–Kier alpha value is -1.20. The molecule has 1 aromatic heterocycles. The zero-order chi connectivity index (χ0) is 15.2. The van der Waals surface area contributed by atoms with Crippen LogP contribution in [0.15, 0.2) is 17.1 Å². The lowest BCUT2D eigenvalue weighted by Gasteiger charge is -2.20. The molecule has 0 bridgehead atoms. The van der Waals surface area contributed by atoms with Gasteiger partial charge in [0.25, 0.3) is 0 Å². The van der Waals surface area contributed by atoms with Crippen molar-refractivity contribution >= 4 is 13.0 Å². The molecule has 1 rings (SSSR count). The molecule has 1 atom stereocenters. The van der Waals surface area contributed by atoms with Gasteiger partial charge in [-0.25, -0.2) is 9.18 Å². The molecule has 0 radical (unpaired) electrons. The van der Waals surface area contributed by atoms with Gasteiger partial charge in [-0.1, -0.05) is 13.8 Å². The van der Waals surface area contributed by atoms with Crippen molar-refractivity contribution in [2.24, 2.45) is 0 Å². The summed E-state index contributed by atoms with van der Waals surface area (Å²) in [6.45, 7) is 2.92. The van der Waals surface area contributed by atoms with Crippen LogP contribution in [0.2, 0.25) is 0 Å². The number of aromatic nitrogens is 2. The third-order valence-corrected chi connectivity index (χ3v) is 6.09. The van der Waals surface area contributed by atoms with Gasteiger partial charge in [-0.15, -0.1) is 0 Å². The van der Waals surface area contributed by atoms with Crippen molar-refractivity contribution < 1.29 is 13.7 Å². The standard InChI is InChI=1S/C12H21FN3O3P/c1-3-20(18,4-2)9-19-10(7-13)8-16-6-5-11(14)15-12(16)17/h5-6,10H,3-4,7-9H2,1-2H3,(H2,14,15,17)/t10-/m0/s1. The second-order valence-electron chi connectivity index (χ2n) is 4.55. The molecule has 0 spiro atoms. The summed E-state index contributed by atoms with van der Waals surface area (Å²) in [7, 11) is -2.38. The Labute approximate surface area is 117 Å². The van der Waals surface area contributed by atoms with E-state index in [1.807, 2.05) is 13.8 Å². The molecule has 1 aromatic rings. The molecule has 0 amide bonds. The number of nitrogens with zero attached hydrogens (tertiary/aromatic N) is 2. The quantitative estimate of drug-likeness (QED) is 0.736. The fourth-order valence-electron chi connectivity index (χ4n) is 1.59. The first-order valence-electron chi connectivity index (χ1n) is 6.51. The Morgan fingerprint density at radius 1 is 1.50 bits per heavy atom. The van der Waals surface area contributed by atoms with Crippen molar-refractivity contribution in [3.05, 3.63) is 22.7 Å². The molecule has 0 aliphatic heterocycles. The van der Waals surface area contributed by atoms with E-state index in [0.29, 0.717) is 12.3 Å². The van der Waals surface area contributed by atoms with Crippen LogP contribution < -0.4 is 11.4 Å². The van der Waals surface area contributed by atoms with Crippen molar-refractivity contribution in [1.29, 1.82) is 0 Å². The van der Waals surface area contributed by atoms with E-state index in [9.17, 15) is 13.8 Å². The SMILES string of the molecule is CCP(=O)(CC)CO[C@@H](CF)Cn1ccc(N)nc1=O. The zero-order valence-electron chi connectivity index (χ0n) is 11.8. The number of halogens is 1. The minimum atomic E-state index is -2.38. The van der Waals surface area contributed by atoms with Crippen LogP contribution in [-0.4, -0.2) is 41.0 Å². The summed E-state index contributed by atoms with van der Waals surface area (Å²) < 4.78 is 31.7. The van der Waals surface area contributed by atoms with Crippen molar-refractivity contribution in [3.8, 4) is 0 Å². The Morgan fingerprint density at radius 3 is 2.65 bits per heavy atom. The van der Waals surface area contributed by atoms with Gasteiger partial charge in [0.2, 0.25) is 0 Å². The van der Waals surface area contributed by atoms with E-state index < -0.39 is 25.6 Å². The molecule has 20 heavy (non-hydrogen) atoms. The van der Waals surface area contributed by atoms with E-state index in [0.717, 1.165) is 0 Å². The van der Waals surface area contributed by atoms with E-state index in [1.54, 1.807) is 0 Å². The van der Waals surface area contributed by atoms with Gasteiger partial charge in [-0.05, 0) is 6.07 Å². The highest BCUT2D eigenvalue weighted by molar-refractivity contribution is 7.63. The second kappa shape index (κ2) is 7.55. The maximum absolute atomic E-state index is 13.0. The van der Waals surface area contributed by atoms with Gasteiger partial charge in [0.05, 0.1) is 6.54 Å². The summed E-state index contributed by atoms with van der Waals surface area (Å²) in [4.78, 5) is 15.1. The molecule has 0 aliphatic rings. The molecule has 0 unspecified atom stereocenters. The van der Waals surface area contributed by atoms with Crippen LogP contribution in [0.4, 0.5) is 10.2 Å². The second-order valence-corrected chi connectivity index (χ2v) is 8.19. The normalized spacial score (nSPS) is 13.3. The number of hydrogen-bond acceptors (Lipinski definition) is 5. The molecule has 1 heterocycles. The molecule has 0 aromatic carbocycles. The number of ether oxygens (including phenoxy) is 1. The number of rotatable bonds is 8.